The van der Waals surface area contributed by atoms with Crippen LogP contribution in [0.1, 0.15) is 20.8 Å². The maximum Gasteiger partial charge on any atom is 0.408 e. The molecule has 1 saturated heterocycles. The Bertz CT molecular complexity index is 686. The molecule has 0 aliphatic carbocycles. The second kappa shape index (κ2) is 8.51. The topological polar surface area (TPSA) is 82.1 Å². The summed E-state index contributed by atoms with van der Waals surface area (Å²) >= 11 is 0. The first-order chi connectivity index (χ1) is 12.6. The molecule has 27 heavy (non-hydrogen) atoms. The lowest BCUT2D eigenvalue weighted by Gasteiger charge is -2.37. The molecule has 1 aliphatic heterocycles. The summed E-state index contributed by atoms with van der Waals surface area (Å²) in [7, 11) is 0. The molecule has 0 saturated carbocycles. The van der Waals surface area contributed by atoms with E-state index in [0.29, 0.717) is 13.1 Å². The molecule has 150 valence electrons. The van der Waals surface area contributed by atoms with Crippen LogP contribution in [0, 0.1) is 11.6 Å². The summed E-state index contributed by atoms with van der Waals surface area (Å²) < 4.78 is 32.0. The van der Waals surface area contributed by atoms with E-state index in [1.807, 2.05) is 0 Å². The Morgan fingerprint density at radius 2 is 1.85 bits per heavy atom. The molecule has 7 nitrogen and oxygen atoms in total. The van der Waals surface area contributed by atoms with Crippen LogP contribution >= 0.6 is 0 Å². The first-order valence-corrected chi connectivity index (χ1v) is 8.70. The molecule has 1 aromatic rings. The molecular formula is C18H25F2N3O4. The predicted octanol–water partition coefficient (Wildman–Crippen LogP) is 1.50. The summed E-state index contributed by atoms with van der Waals surface area (Å²) in [6.45, 7) is 5.76. The molecule has 1 fully saturated rings. The summed E-state index contributed by atoms with van der Waals surface area (Å²) in [6, 6.07) is 2.25. The molecule has 0 radical (unpaired) electrons. The average Bonchev–Trinajstić information content (AvgIpc) is 2.58. The fraction of sp³-hybridized carbons (Fsp3) is 0.556. The summed E-state index contributed by atoms with van der Waals surface area (Å²) in [5.41, 5.74) is -0.452. The van der Waals surface area contributed by atoms with Gasteiger partial charge in [0.15, 0.2) is 0 Å². The quantitative estimate of drug-likeness (QED) is 0.821. The van der Waals surface area contributed by atoms with E-state index in [4.69, 9.17) is 4.74 Å². The van der Waals surface area contributed by atoms with E-state index in [1.165, 1.54) is 17.0 Å². The second-order valence-electron chi connectivity index (χ2n) is 7.29. The van der Waals surface area contributed by atoms with Gasteiger partial charge in [-0.3, -0.25) is 4.79 Å². The molecule has 1 aromatic carbocycles. The highest BCUT2D eigenvalue weighted by molar-refractivity contribution is 5.86. The van der Waals surface area contributed by atoms with Crippen molar-refractivity contribution in [3.63, 3.8) is 0 Å². The molecule has 0 unspecified atom stereocenters. The van der Waals surface area contributed by atoms with Crippen LogP contribution in [0.15, 0.2) is 18.2 Å². The van der Waals surface area contributed by atoms with Crippen LogP contribution < -0.4 is 10.2 Å². The number of benzene rings is 1. The number of aliphatic hydroxyl groups excluding tert-OH is 1. The van der Waals surface area contributed by atoms with Gasteiger partial charge >= 0.3 is 6.09 Å². The maximum atomic E-state index is 13.9. The number of rotatable bonds is 4. The van der Waals surface area contributed by atoms with Crippen LogP contribution in [-0.4, -0.2) is 66.4 Å². The van der Waals surface area contributed by atoms with E-state index < -0.39 is 41.9 Å². The fourth-order valence-electron chi connectivity index (χ4n) is 2.76. The predicted molar refractivity (Wildman–Crippen MR) is 95.4 cm³/mol. The van der Waals surface area contributed by atoms with Crippen molar-refractivity contribution in [1.29, 1.82) is 0 Å². The van der Waals surface area contributed by atoms with Crippen molar-refractivity contribution < 1.29 is 28.2 Å². The molecule has 1 atom stereocenters. The van der Waals surface area contributed by atoms with Crippen molar-refractivity contribution >= 4 is 17.7 Å². The van der Waals surface area contributed by atoms with E-state index in [9.17, 15) is 23.5 Å². The SMILES string of the molecule is CC(C)(C)OC(=O)N[C@@H](CO)C(=O)N1CCN(c2ccc(F)cc2F)CC1. The van der Waals surface area contributed by atoms with Crippen LogP contribution in [-0.2, 0) is 9.53 Å². The standard InChI is InChI=1S/C18H25F2N3O4/c1-18(2,3)27-17(26)21-14(11-24)16(25)23-8-6-22(7-9-23)15-5-4-12(19)10-13(15)20/h4-5,10,14,24H,6-9,11H2,1-3H3,(H,21,26)/t14-/m0/s1. The minimum atomic E-state index is -1.12. The van der Waals surface area contributed by atoms with Crippen molar-refractivity contribution in [3.8, 4) is 0 Å². The minimum Gasteiger partial charge on any atom is -0.444 e. The van der Waals surface area contributed by atoms with Gasteiger partial charge in [-0.1, -0.05) is 0 Å². The molecule has 0 aromatic heterocycles. The van der Waals surface area contributed by atoms with Crippen molar-refractivity contribution in [2.75, 3.05) is 37.7 Å². The van der Waals surface area contributed by atoms with Crippen molar-refractivity contribution in [2.45, 2.75) is 32.4 Å². The molecular weight excluding hydrogens is 360 g/mol. The number of alkyl carbamates (subject to hydrolysis) is 1. The summed E-state index contributed by atoms with van der Waals surface area (Å²) in [4.78, 5) is 27.6. The third-order valence-electron chi connectivity index (χ3n) is 4.01. The Morgan fingerprint density at radius 1 is 1.22 bits per heavy atom. The van der Waals surface area contributed by atoms with Gasteiger partial charge in [-0.05, 0) is 32.9 Å². The first kappa shape index (κ1) is 20.9. The zero-order chi connectivity index (χ0) is 20.2. The highest BCUT2D eigenvalue weighted by atomic mass is 19.1. The van der Waals surface area contributed by atoms with Crippen molar-refractivity contribution in [3.05, 3.63) is 29.8 Å². The number of carbonyl (C=O) groups is 2. The number of halogens is 2. The van der Waals surface area contributed by atoms with Gasteiger partial charge in [-0.25, -0.2) is 13.6 Å². The minimum absolute atomic E-state index is 0.272. The number of hydrogen-bond donors (Lipinski definition) is 2. The molecule has 2 N–H and O–H groups in total. The van der Waals surface area contributed by atoms with Crippen LogP contribution in [0.2, 0.25) is 0 Å². The van der Waals surface area contributed by atoms with Gasteiger partial charge in [0.2, 0.25) is 5.91 Å². The summed E-state index contributed by atoms with van der Waals surface area (Å²) in [5.74, 6) is -1.75. The Balaban J connectivity index is 1.93. The fourth-order valence-corrected chi connectivity index (χ4v) is 2.76. The number of ether oxygens (including phenoxy) is 1. The number of anilines is 1. The molecule has 1 aliphatic rings. The maximum absolute atomic E-state index is 13.9. The van der Waals surface area contributed by atoms with Gasteiger partial charge in [0.25, 0.3) is 0 Å². The number of piperazine rings is 1. The summed E-state index contributed by atoms with van der Waals surface area (Å²) in [5, 5.41) is 11.8. The zero-order valence-electron chi connectivity index (χ0n) is 15.7. The number of carbonyl (C=O) groups excluding carboxylic acids is 2. The number of aliphatic hydroxyl groups is 1. The monoisotopic (exact) mass is 385 g/mol. The number of nitrogens with zero attached hydrogens (tertiary/aromatic N) is 2. The van der Waals surface area contributed by atoms with Gasteiger partial charge in [0.1, 0.15) is 23.3 Å². The van der Waals surface area contributed by atoms with E-state index >= 15 is 0 Å². The molecule has 0 bridgehead atoms. The first-order valence-electron chi connectivity index (χ1n) is 8.70. The third-order valence-corrected chi connectivity index (χ3v) is 4.01. The van der Waals surface area contributed by atoms with Crippen molar-refractivity contribution in [2.24, 2.45) is 0 Å². The van der Waals surface area contributed by atoms with Gasteiger partial charge in [0.05, 0.1) is 12.3 Å². The second-order valence-corrected chi connectivity index (χ2v) is 7.29. The lowest BCUT2D eigenvalue weighted by atomic mass is 10.2. The molecule has 0 spiro atoms. The number of hydrogen-bond acceptors (Lipinski definition) is 5. The van der Waals surface area contributed by atoms with Crippen molar-refractivity contribution in [1.82, 2.24) is 10.2 Å². The average molecular weight is 385 g/mol. The lowest BCUT2D eigenvalue weighted by molar-refractivity contribution is -0.134. The van der Waals surface area contributed by atoms with E-state index in [2.05, 4.69) is 5.32 Å². The number of nitrogens with one attached hydrogen (secondary N) is 1. The Kier molecular flexibility index (Phi) is 6.59. The molecule has 1 heterocycles. The van der Waals surface area contributed by atoms with Crippen LogP contribution in [0.3, 0.4) is 0 Å². The van der Waals surface area contributed by atoms with Gasteiger partial charge in [-0.15, -0.1) is 0 Å². The van der Waals surface area contributed by atoms with Gasteiger partial charge in [-0.2, -0.15) is 0 Å². The highest BCUT2D eigenvalue weighted by Crippen LogP contribution is 2.21. The largest absolute Gasteiger partial charge is 0.444 e. The van der Waals surface area contributed by atoms with Crippen LogP contribution in [0.5, 0.6) is 0 Å². The zero-order valence-corrected chi connectivity index (χ0v) is 15.7. The molecule has 2 amide bonds. The Morgan fingerprint density at radius 3 is 2.37 bits per heavy atom. The smallest absolute Gasteiger partial charge is 0.408 e. The van der Waals surface area contributed by atoms with E-state index in [1.54, 1.807) is 25.7 Å². The summed E-state index contributed by atoms with van der Waals surface area (Å²) in [6.07, 6.45) is -0.790. The van der Waals surface area contributed by atoms with Crippen LogP contribution in [0.25, 0.3) is 0 Å². The van der Waals surface area contributed by atoms with E-state index in [0.717, 1.165) is 6.07 Å². The van der Waals surface area contributed by atoms with Crippen LogP contribution in [0.4, 0.5) is 19.3 Å². The van der Waals surface area contributed by atoms with E-state index in [-0.39, 0.29) is 18.8 Å². The Hall–Kier alpha value is -2.42. The highest BCUT2D eigenvalue weighted by Gasteiger charge is 2.30. The molecule has 9 heteroatoms. The third kappa shape index (κ3) is 5.78. The van der Waals surface area contributed by atoms with Gasteiger partial charge < -0.3 is 25.0 Å². The molecule has 2 rings (SSSR count). The normalized spacial score (nSPS) is 16.1. The number of amides is 2. The van der Waals surface area contributed by atoms with Gasteiger partial charge in [0, 0.05) is 32.2 Å². The Labute approximate surface area is 156 Å². The lowest BCUT2D eigenvalue weighted by Crippen LogP contribution is -2.56.